The third-order valence-electron chi connectivity index (χ3n) is 0. The van der Waals surface area contributed by atoms with Crippen LogP contribution in [0.4, 0.5) is 0 Å². The molecule has 0 atom stereocenters. The van der Waals surface area contributed by atoms with Gasteiger partial charge in [-0.1, -0.05) is 0 Å². The predicted molar refractivity (Wildman–Crippen MR) is 12.0 cm³/mol. The van der Waals surface area contributed by atoms with Gasteiger partial charge in [0.25, 0.3) is 0 Å². The SMILES string of the molecule is O=[Se](O)O.[Fe].[H-].[Na+]. The fourth-order valence-corrected chi connectivity index (χ4v) is 0. The summed E-state index contributed by atoms with van der Waals surface area (Å²) in [5.74, 6) is 0. The van der Waals surface area contributed by atoms with Gasteiger partial charge in [-0.3, -0.25) is 0 Å². The number of hydrogen-bond acceptors (Lipinski definition) is 1. The van der Waals surface area contributed by atoms with Crippen LogP contribution in [0, 0.1) is 0 Å². The summed E-state index contributed by atoms with van der Waals surface area (Å²) in [6.45, 7) is 0. The van der Waals surface area contributed by atoms with Gasteiger partial charge in [0.2, 0.25) is 0 Å². The molecule has 0 radical (unpaired) electrons. The summed E-state index contributed by atoms with van der Waals surface area (Å²) in [5.41, 5.74) is 0. The Hall–Kier alpha value is 1.76. The largest absolute Gasteiger partial charge is 1.00 e. The molecule has 0 bridgehead atoms. The molecule has 6 heteroatoms. The summed E-state index contributed by atoms with van der Waals surface area (Å²) in [4.78, 5) is 0. The molecule has 3 nitrogen and oxygen atoms in total. The van der Waals surface area contributed by atoms with E-state index in [1.165, 1.54) is 0 Å². The van der Waals surface area contributed by atoms with E-state index in [2.05, 4.69) is 0 Å². The van der Waals surface area contributed by atoms with Crippen LogP contribution in [0.1, 0.15) is 1.43 Å². The van der Waals surface area contributed by atoms with Crippen LogP contribution in [0.3, 0.4) is 0 Å². The van der Waals surface area contributed by atoms with E-state index < -0.39 is 14.5 Å². The summed E-state index contributed by atoms with van der Waals surface area (Å²) < 4.78 is 23.1. The summed E-state index contributed by atoms with van der Waals surface area (Å²) in [7, 11) is 0. The van der Waals surface area contributed by atoms with Crippen LogP contribution < -0.4 is 29.6 Å². The van der Waals surface area contributed by atoms with Crippen molar-refractivity contribution in [3.63, 3.8) is 0 Å². The molecule has 0 saturated heterocycles. The first-order valence-electron chi connectivity index (χ1n) is 0.532. The minimum atomic E-state index is -3.29. The van der Waals surface area contributed by atoms with Crippen molar-refractivity contribution in [3.05, 3.63) is 0 Å². The minimum Gasteiger partial charge on any atom is -1.00 e. The van der Waals surface area contributed by atoms with Crippen molar-refractivity contribution in [2.45, 2.75) is 0 Å². The van der Waals surface area contributed by atoms with Crippen LogP contribution in [-0.2, 0) is 20.9 Å². The van der Waals surface area contributed by atoms with E-state index in [-0.39, 0.29) is 48.1 Å². The quantitative estimate of drug-likeness (QED) is 0.395. The molecule has 0 amide bonds. The summed E-state index contributed by atoms with van der Waals surface area (Å²) in [6.07, 6.45) is 0. The van der Waals surface area contributed by atoms with E-state index in [1.807, 2.05) is 0 Å². The Morgan fingerprint density at radius 1 is 1.50 bits per heavy atom. The zero-order valence-electron chi connectivity index (χ0n) is 4.06. The first-order chi connectivity index (χ1) is 1.73. The number of rotatable bonds is 0. The molecule has 0 spiro atoms. The van der Waals surface area contributed by atoms with Crippen LogP contribution in [0.25, 0.3) is 0 Å². The molecule has 2 N–H and O–H groups in total. The Kier molecular flexibility index (Phi) is 25.8. The molecule has 6 heavy (non-hydrogen) atoms. The molecule has 0 aliphatic heterocycles. The van der Waals surface area contributed by atoms with E-state index in [9.17, 15) is 0 Å². The van der Waals surface area contributed by atoms with Crippen LogP contribution >= 0.6 is 0 Å². The van der Waals surface area contributed by atoms with E-state index >= 15 is 0 Å². The Bertz CT molecular complexity index is 37.9. The van der Waals surface area contributed by atoms with Gasteiger partial charge in [-0.25, -0.2) is 0 Å². The van der Waals surface area contributed by atoms with Gasteiger partial charge >= 0.3 is 56.3 Å². The van der Waals surface area contributed by atoms with Gasteiger partial charge in [0.15, 0.2) is 0 Å². The van der Waals surface area contributed by atoms with Crippen molar-refractivity contribution in [1.82, 2.24) is 0 Å². The second-order valence-electron chi connectivity index (χ2n) is 0.231. The molecule has 0 aromatic carbocycles. The maximum absolute atomic E-state index is 8.76. The van der Waals surface area contributed by atoms with Gasteiger partial charge in [-0.05, 0) is 0 Å². The molecule has 0 fully saturated rings. The van der Waals surface area contributed by atoms with Crippen LogP contribution in [0.5, 0.6) is 0 Å². The molecule has 0 heterocycles. The van der Waals surface area contributed by atoms with Crippen molar-refractivity contribution in [1.29, 1.82) is 0 Å². The van der Waals surface area contributed by atoms with E-state index in [0.29, 0.717) is 0 Å². The fraction of sp³-hybridized carbons (Fsp3) is 0. The molecule has 0 unspecified atom stereocenters. The first-order valence-corrected chi connectivity index (χ1v) is 2.76. The van der Waals surface area contributed by atoms with Gasteiger partial charge in [-0.2, -0.15) is 0 Å². The van der Waals surface area contributed by atoms with Crippen LogP contribution in [-0.4, -0.2) is 22.9 Å². The smallest absolute Gasteiger partial charge is 1.00 e. The van der Waals surface area contributed by atoms with E-state index in [0.717, 1.165) is 0 Å². The molecular weight excluding hydrogens is 206 g/mol. The standard InChI is InChI=1S/Fe.Na.H2O3Se.H/c;;1-4(2)3;/h;;(H2,1,2,3);/q;+1;;-1. The molecule has 0 aromatic rings. The summed E-state index contributed by atoms with van der Waals surface area (Å²) in [6, 6.07) is 0. The van der Waals surface area contributed by atoms with Crippen molar-refractivity contribution in [2.75, 3.05) is 0 Å². The maximum Gasteiger partial charge on any atom is 1.00 e. The minimum absolute atomic E-state index is 0. The second-order valence-corrected chi connectivity index (χ2v) is 1.20. The topological polar surface area (TPSA) is 57.5 Å². The van der Waals surface area contributed by atoms with E-state index in [1.54, 1.807) is 0 Å². The zero-order valence-corrected chi connectivity index (χ0v) is 7.88. The predicted octanol–water partition coefficient (Wildman–Crippen LogP) is -4.50. The van der Waals surface area contributed by atoms with Crippen molar-refractivity contribution < 1.29 is 60.3 Å². The van der Waals surface area contributed by atoms with Gasteiger partial charge in [-0.15, -0.1) is 0 Å². The fourth-order valence-electron chi connectivity index (χ4n) is 0. The Balaban J connectivity index is -0.0000000150. The van der Waals surface area contributed by atoms with Gasteiger partial charge in [0.1, 0.15) is 0 Å². The molecule has 0 aromatic heterocycles. The summed E-state index contributed by atoms with van der Waals surface area (Å²) >= 11 is -3.29. The normalized spacial score (nSPS) is 5.83. The molecule has 0 aliphatic carbocycles. The van der Waals surface area contributed by atoms with Crippen LogP contribution in [0.2, 0.25) is 0 Å². The molecule has 36 valence electrons. The average molecular weight is 209 g/mol. The molecule has 0 saturated carbocycles. The van der Waals surface area contributed by atoms with Gasteiger partial charge < -0.3 is 1.43 Å². The van der Waals surface area contributed by atoms with Crippen molar-refractivity contribution in [2.24, 2.45) is 0 Å². The Labute approximate surface area is 74.1 Å². The third kappa shape index (κ3) is 42.2. The molecular formula is H3FeNaO3Se. The van der Waals surface area contributed by atoms with Gasteiger partial charge in [0.05, 0.1) is 0 Å². The van der Waals surface area contributed by atoms with E-state index in [4.69, 9.17) is 12.2 Å². The van der Waals surface area contributed by atoms with Gasteiger partial charge in [0, 0.05) is 17.1 Å². The van der Waals surface area contributed by atoms with Crippen molar-refractivity contribution >= 4 is 14.5 Å². The Morgan fingerprint density at radius 2 is 1.50 bits per heavy atom. The average Bonchev–Trinajstić information content (AvgIpc) is 0.811. The van der Waals surface area contributed by atoms with Crippen molar-refractivity contribution in [3.8, 4) is 0 Å². The second kappa shape index (κ2) is 9.90. The van der Waals surface area contributed by atoms with Crippen LogP contribution in [0.15, 0.2) is 0 Å². The molecule has 0 aliphatic rings. The zero-order chi connectivity index (χ0) is 3.58. The first kappa shape index (κ1) is 15.7. The third-order valence-corrected chi connectivity index (χ3v) is 0. The molecule has 0 rings (SSSR count). The number of hydrogen-bond donors (Lipinski definition) is 2. The monoisotopic (exact) mass is 210 g/mol. The summed E-state index contributed by atoms with van der Waals surface area (Å²) in [5, 5.41) is 0. The Morgan fingerprint density at radius 3 is 1.50 bits per heavy atom. The maximum atomic E-state index is 8.76.